The molecule has 2 rings (SSSR count). The third-order valence-electron chi connectivity index (χ3n) is 2.48. The van der Waals surface area contributed by atoms with Crippen molar-refractivity contribution in [2.45, 2.75) is 26.9 Å². The number of benzene rings is 1. The van der Waals surface area contributed by atoms with Crippen LogP contribution < -0.4 is 14.9 Å². The molecule has 4 heteroatoms. The fourth-order valence-corrected chi connectivity index (χ4v) is 2.84. The highest BCUT2D eigenvalue weighted by Gasteiger charge is 2.11. The summed E-state index contributed by atoms with van der Waals surface area (Å²) in [7, 11) is 1.57. The van der Waals surface area contributed by atoms with Crippen LogP contribution in [0.25, 0.3) is 10.1 Å². The summed E-state index contributed by atoms with van der Waals surface area (Å²) in [6.07, 6.45) is 0.0914. The average molecular weight is 264 g/mol. The average Bonchev–Trinajstić information content (AvgIpc) is 2.25. The Morgan fingerprint density at radius 2 is 1.94 bits per heavy atom. The maximum atomic E-state index is 12.0. The Morgan fingerprint density at radius 3 is 2.56 bits per heavy atom. The Kier molecular flexibility index (Phi) is 3.57. The summed E-state index contributed by atoms with van der Waals surface area (Å²) in [6.45, 7) is 5.86. The van der Waals surface area contributed by atoms with Gasteiger partial charge in [0, 0.05) is 15.6 Å². The van der Waals surface area contributed by atoms with Crippen molar-refractivity contribution in [3.05, 3.63) is 33.3 Å². The lowest BCUT2D eigenvalue weighted by Gasteiger charge is -2.12. The maximum absolute atomic E-state index is 12.0. The van der Waals surface area contributed by atoms with Crippen molar-refractivity contribution >= 4 is 21.4 Å². The lowest BCUT2D eigenvalue weighted by Crippen LogP contribution is -2.07. The van der Waals surface area contributed by atoms with E-state index in [1.807, 2.05) is 26.8 Å². The van der Waals surface area contributed by atoms with E-state index in [-0.39, 0.29) is 11.5 Å². The Labute approximate surface area is 110 Å². The van der Waals surface area contributed by atoms with Crippen LogP contribution in [0.5, 0.6) is 11.5 Å². The van der Waals surface area contributed by atoms with E-state index in [9.17, 15) is 4.79 Å². The van der Waals surface area contributed by atoms with Gasteiger partial charge < -0.3 is 9.47 Å². The molecule has 0 bridgehead atoms. The van der Waals surface area contributed by atoms with Gasteiger partial charge in [0.25, 0.3) is 0 Å². The zero-order valence-electron chi connectivity index (χ0n) is 10.9. The molecule has 0 aliphatic heterocycles. The van der Waals surface area contributed by atoms with Crippen molar-refractivity contribution in [1.29, 1.82) is 0 Å². The summed E-state index contributed by atoms with van der Waals surface area (Å²) in [6, 6.07) is 5.31. The number of ether oxygens (including phenoxy) is 2. The van der Waals surface area contributed by atoms with Gasteiger partial charge in [-0.25, -0.2) is 0 Å². The molecule has 0 saturated heterocycles. The third kappa shape index (κ3) is 2.48. The largest absolute Gasteiger partial charge is 0.496 e. The molecule has 0 fully saturated rings. The van der Waals surface area contributed by atoms with Gasteiger partial charge in [-0.3, -0.25) is 4.79 Å². The zero-order chi connectivity index (χ0) is 13.3. The number of methoxy groups -OCH3 is 1. The van der Waals surface area contributed by atoms with E-state index in [4.69, 9.17) is 9.47 Å². The van der Waals surface area contributed by atoms with Crippen molar-refractivity contribution < 1.29 is 9.47 Å². The number of hydrogen-bond acceptors (Lipinski definition) is 4. The molecular weight excluding hydrogens is 248 g/mol. The summed E-state index contributed by atoms with van der Waals surface area (Å²) in [5, 5.41) is 0.629. The van der Waals surface area contributed by atoms with E-state index >= 15 is 0 Å². The molecular formula is C14H16O3S. The first-order valence-electron chi connectivity index (χ1n) is 5.80. The van der Waals surface area contributed by atoms with Crippen LogP contribution in [0.15, 0.2) is 23.0 Å². The zero-order valence-corrected chi connectivity index (χ0v) is 11.8. The molecule has 1 heterocycles. The van der Waals surface area contributed by atoms with E-state index in [0.717, 1.165) is 15.3 Å². The van der Waals surface area contributed by atoms with E-state index in [1.165, 1.54) is 0 Å². The fourth-order valence-electron chi connectivity index (χ4n) is 1.85. The first kappa shape index (κ1) is 12.9. The fraction of sp³-hybridized carbons (Fsp3) is 0.357. The molecule has 0 aliphatic rings. The quantitative estimate of drug-likeness (QED) is 0.852. The Balaban J connectivity index is 2.71. The normalized spacial score (nSPS) is 10.9. The molecule has 0 unspecified atom stereocenters. The molecule has 96 valence electrons. The SMILES string of the molecule is COc1cc(OC(C)C)cc2sc(C)cc(=O)c12. The van der Waals surface area contributed by atoms with Gasteiger partial charge in [-0.1, -0.05) is 0 Å². The summed E-state index contributed by atoms with van der Waals surface area (Å²) < 4.78 is 11.9. The number of hydrogen-bond donors (Lipinski definition) is 0. The topological polar surface area (TPSA) is 35.5 Å². The standard InChI is InChI=1S/C14H16O3S/c1-8(2)17-10-6-12(16-4)14-11(15)5-9(3)18-13(14)7-10/h5-8H,1-4H3. The first-order valence-corrected chi connectivity index (χ1v) is 6.62. The molecule has 1 aromatic heterocycles. The van der Waals surface area contributed by atoms with Gasteiger partial charge in [-0.2, -0.15) is 0 Å². The molecule has 0 radical (unpaired) electrons. The van der Waals surface area contributed by atoms with Crippen LogP contribution in [0.1, 0.15) is 18.7 Å². The molecule has 3 nitrogen and oxygen atoms in total. The van der Waals surface area contributed by atoms with E-state index in [0.29, 0.717) is 11.1 Å². The third-order valence-corrected chi connectivity index (χ3v) is 3.46. The number of aryl methyl sites for hydroxylation is 1. The molecule has 0 N–H and O–H groups in total. The minimum Gasteiger partial charge on any atom is -0.496 e. The van der Waals surface area contributed by atoms with Crippen molar-refractivity contribution in [1.82, 2.24) is 0 Å². The Bertz CT molecular complexity index is 629. The first-order chi connectivity index (χ1) is 8.51. The molecule has 2 aromatic rings. The van der Waals surface area contributed by atoms with Gasteiger partial charge in [0.15, 0.2) is 5.43 Å². The van der Waals surface area contributed by atoms with Crippen molar-refractivity contribution in [3.8, 4) is 11.5 Å². The van der Waals surface area contributed by atoms with Gasteiger partial charge in [0.2, 0.25) is 0 Å². The van der Waals surface area contributed by atoms with Crippen LogP contribution in [-0.4, -0.2) is 13.2 Å². The second-order valence-electron chi connectivity index (χ2n) is 4.39. The predicted molar refractivity (Wildman–Crippen MR) is 75.1 cm³/mol. The summed E-state index contributed by atoms with van der Waals surface area (Å²) in [5.74, 6) is 1.31. The van der Waals surface area contributed by atoms with Gasteiger partial charge in [-0.15, -0.1) is 11.3 Å². The van der Waals surface area contributed by atoms with Crippen LogP contribution in [0.3, 0.4) is 0 Å². The van der Waals surface area contributed by atoms with Gasteiger partial charge >= 0.3 is 0 Å². The van der Waals surface area contributed by atoms with Gasteiger partial charge in [0.1, 0.15) is 11.5 Å². The molecule has 18 heavy (non-hydrogen) atoms. The van der Waals surface area contributed by atoms with Crippen LogP contribution in [0.4, 0.5) is 0 Å². The Morgan fingerprint density at radius 1 is 1.22 bits per heavy atom. The van der Waals surface area contributed by atoms with Crippen LogP contribution >= 0.6 is 11.3 Å². The summed E-state index contributed by atoms with van der Waals surface area (Å²) in [4.78, 5) is 13.0. The molecule has 0 spiro atoms. The highest BCUT2D eigenvalue weighted by Crippen LogP contribution is 2.32. The van der Waals surface area contributed by atoms with E-state index < -0.39 is 0 Å². The van der Waals surface area contributed by atoms with Gasteiger partial charge in [-0.05, 0) is 32.9 Å². The smallest absolute Gasteiger partial charge is 0.192 e. The molecule has 0 saturated carbocycles. The number of fused-ring (bicyclic) bond motifs is 1. The van der Waals surface area contributed by atoms with Crippen LogP contribution in [0, 0.1) is 6.92 Å². The second-order valence-corrected chi connectivity index (χ2v) is 5.67. The lowest BCUT2D eigenvalue weighted by atomic mass is 10.2. The summed E-state index contributed by atoms with van der Waals surface area (Å²) >= 11 is 1.57. The molecule has 1 aromatic carbocycles. The second kappa shape index (κ2) is 4.98. The van der Waals surface area contributed by atoms with Gasteiger partial charge in [0.05, 0.1) is 18.6 Å². The molecule has 0 aliphatic carbocycles. The minimum atomic E-state index is -0.00537. The lowest BCUT2D eigenvalue weighted by molar-refractivity contribution is 0.241. The highest BCUT2D eigenvalue weighted by molar-refractivity contribution is 7.18. The molecule has 0 atom stereocenters. The van der Waals surface area contributed by atoms with Crippen molar-refractivity contribution in [2.75, 3.05) is 7.11 Å². The summed E-state index contributed by atoms with van der Waals surface area (Å²) in [5.41, 5.74) is -0.00537. The van der Waals surface area contributed by atoms with Crippen LogP contribution in [0.2, 0.25) is 0 Å². The van der Waals surface area contributed by atoms with E-state index in [1.54, 1.807) is 30.6 Å². The predicted octanol–water partition coefficient (Wildman–Crippen LogP) is 3.37. The van der Waals surface area contributed by atoms with E-state index in [2.05, 4.69) is 0 Å². The maximum Gasteiger partial charge on any atom is 0.192 e. The Hall–Kier alpha value is -1.55. The minimum absolute atomic E-state index is 0.00537. The number of rotatable bonds is 3. The van der Waals surface area contributed by atoms with Crippen LogP contribution in [-0.2, 0) is 0 Å². The highest BCUT2D eigenvalue weighted by atomic mass is 32.1. The van der Waals surface area contributed by atoms with Crippen molar-refractivity contribution in [3.63, 3.8) is 0 Å². The monoisotopic (exact) mass is 264 g/mol. The molecule has 0 amide bonds. The van der Waals surface area contributed by atoms with Crippen molar-refractivity contribution in [2.24, 2.45) is 0 Å².